The Morgan fingerprint density at radius 2 is 1.94 bits per heavy atom. The Balaban J connectivity index is 1.83. The summed E-state index contributed by atoms with van der Waals surface area (Å²) < 4.78 is 2.19. The fourth-order valence-corrected chi connectivity index (χ4v) is 2.79. The van der Waals surface area contributed by atoms with Gasteiger partial charge in [0.15, 0.2) is 0 Å². The molecule has 0 spiro atoms. The molecule has 1 heterocycles. The summed E-state index contributed by atoms with van der Waals surface area (Å²) in [6.45, 7) is 1.10. The highest BCUT2D eigenvalue weighted by Crippen LogP contribution is 2.26. The molecule has 1 aliphatic rings. The van der Waals surface area contributed by atoms with Crippen molar-refractivity contribution in [3.05, 3.63) is 30.5 Å². The van der Waals surface area contributed by atoms with Crippen LogP contribution >= 0.6 is 0 Å². The zero-order valence-electron chi connectivity index (χ0n) is 9.60. The van der Waals surface area contributed by atoms with Crippen molar-refractivity contribution >= 4 is 10.9 Å². The lowest BCUT2D eigenvalue weighted by atomic mass is 9.89. The summed E-state index contributed by atoms with van der Waals surface area (Å²) in [4.78, 5) is 0. The van der Waals surface area contributed by atoms with Crippen LogP contribution in [0, 0.1) is 5.92 Å². The highest BCUT2D eigenvalue weighted by molar-refractivity contribution is 5.78. The molecular formula is C14H18N2. The lowest BCUT2D eigenvalue weighted by Crippen LogP contribution is -2.14. The van der Waals surface area contributed by atoms with Gasteiger partial charge in [-0.3, -0.25) is 4.68 Å². The van der Waals surface area contributed by atoms with Gasteiger partial charge in [-0.2, -0.15) is 5.10 Å². The molecule has 2 nitrogen and oxygen atoms in total. The van der Waals surface area contributed by atoms with Crippen LogP contribution in [0.3, 0.4) is 0 Å². The van der Waals surface area contributed by atoms with Crippen LogP contribution in [-0.4, -0.2) is 9.78 Å². The zero-order valence-corrected chi connectivity index (χ0v) is 9.60. The third kappa shape index (κ3) is 1.84. The maximum atomic E-state index is 4.51. The number of hydrogen-bond acceptors (Lipinski definition) is 1. The average molecular weight is 214 g/mol. The van der Waals surface area contributed by atoms with Gasteiger partial charge in [0.1, 0.15) is 0 Å². The van der Waals surface area contributed by atoms with E-state index in [0.29, 0.717) is 0 Å². The van der Waals surface area contributed by atoms with E-state index in [4.69, 9.17) is 0 Å². The fraction of sp³-hybridized carbons (Fsp3) is 0.500. The third-order valence-corrected chi connectivity index (χ3v) is 3.71. The standard InChI is InChI=1S/C14H18N2/c1-2-6-12(7-3-1)11-16-14-9-5-4-8-13(14)10-15-16/h4-5,8-10,12H,1-3,6-7,11H2. The van der Waals surface area contributed by atoms with Crippen molar-refractivity contribution in [2.45, 2.75) is 38.6 Å². The largest absolute Gasteiger partial charge is 0.265 e. The summed E-state index contributed by atoms with van der Waals surface area (Å²) in [7, 11) is 0. The summed E-state index contributed by atoms with van der Waals surface area (Å²) in [6.07, 6.45) is 8.99. The first-order valence-corrected chi connectivity index (χ1v) is 6.34. The number of fused-ring (bicyclic) bond motifs is 1. The van der Waals surface area contributed by atoms with Gasteiger partial charge < -0.3 is 0 Å². The van der Waals surface area contributed by atoms with E-state index in [1.807, 2.05) is 6.20 Å². The van der Waals surface area contributed by atoms with Gasteiger partial charge in [0.05, 0.1) is 11.7 Å². The molecular weight excluding hydrogens is 196 g/mol. The van der Waals surface area contributed by atoms with E-state index in [1.54, 1.807) is 0 Å². The lowest BCUT2D eigenvalue weighted by molar-refractivity contribution is 0.312. The monoisotopic (exact) mass is 214 g/mol. The number of nitrogens with zero attached hydrogens (tertiary/aromatic N) is 2. The molecule has 0 saturated heterocycles. The molecule has 0 unspecified atom stereocenters. The van der Waals surface area contributed by atoms with Gasteiger partial charge in [-0.1, -0.05) is 37.5 Å². The molecule has 0 bridgehead atoms. The van der Waals surface area contributed by atoms with Crippen LogP contribution in [0.15, 0.2) is 30.5 Å². The lowest BCUT2D eigenvalue weighted by Gasteiger charge is -2.21. The summed E-state index contributed by atoms with van der Waals surface area (Å²) in [5.74, 6) is 0.844. The molecule has 0 atom stereocenters. The van der Waals surface area contributed by atoms with E-state index in [0.717, 1.165) is 12.5 Å². The Hall–Kier alpha value is -1.31. The Labute approximate surface area is 96.3 Å². The smallest absolute Gasteiger partial charge is 0.0682 e. The number of rotatable bonds is 2. The van der Waals surface area contributed by atoms with Crippen LogP contribution in [0.1, 0.15) is 32.1 Å². The topological polar surface area (TPSA) is 17.8 Å². The maximum Gasteiger partial charge on any atom is 0.0682 e. The van der Waals surface area contributed by atoms with Crippen LogP contribution in [-0.2, 0) is 6.54 Å². The predicted molar refractivity (Wildman–Crippen MR) is 66.3 cm³/mol. The van der Waals surface area contributed by atoms with E-state index >= 15 is 0 Å². The highest BCUT2D eigenvalue weighted by Gasteiger charge is 2.15. The van der Waals surface area contributed by atoms with Crippen LogP contribution < -0.4 is 0 Å². The Bertz CT molecular complexity index is 466. The van der Waals surface area contributed by atoms with E-state index in [2.05, 4.69) is 34.0 Å². The molecule has 2 heteroatoms. The van der Waals surface area contributed by atoms with E-state index in [1.165, 1.54) is 43.0 Å². The van der Waals surface area contributed by atoms with Crippen molar-refractivity contribution in [1.29, 1.82) is 0 Å². The Morgan fingerprint density at radius 1 is 1.12 bits per heavy atom. The minimum Gasteiger partial charge on any atom is -0.265 e. The van der Waals surface area contributed by atoms with Crippen molar-refractivity contribution in [1.82, 2.24) is 9.78 Å². The van der Waals surface area contributed by atoms with Crippen LogP contribution in [0.2, 0.25) is 0 Å². The molecule has 2 aromatic rings. The van der Waals surface area contributed by atoms with Crippen LogP contribution in [0.4, 0.5) is 0 Å². The molecule has 16 heavy (non-hydrogen) atoms. The molecule has 1 aromatic carbocycles. The molecule has 0 amide bonds. The Morgan fingerprint density at radius 3 is 2.81 bits per heavy atom. The number of benzene rings is 1. The highest BCUT2D eigenvalue weighted by atomic mass is 15.3. The van der Waals surface area contributed by atoms with Gasteiger partial charge in [-0.15, -0.1) is 0 Å². The summed E-state index contributed by atoms with van der Waals surface area (Å²) in [6, 6.07) is 8.49. The van der Waals surface area contributed by atoms with Gasteiger partial charge in [0.2, 0.25) is 0 Å². The van der Waals surface area contributed by atoms with Crippen molar-refractivity contribution in [2.24, 2.45) is 5.92 Å². The molecule has 1 saturated carbocycles. The first kappa shape index (κ1) is 9.88. The number of para-hydroxylation sites is 1. The summed E-state index contributed by atoms with van der Waals surface area (Å²) >= 11 is 0. The van der Waals surface area contributed by atoms with Crippen LogP contribution in [0.25, 0.3) is 10.9 Å². The number of hydrogen-bond donors (Lipinski definition) is 0. The van der Waals surface area contributed by atoms with Crippen molar-refractivity contribution in [3.8, 4) is 0 Å². The maximum absolute atomic E-state index is 4.51. The molecule has 0 radical (unpaired) electrons. The number of aromatic nitrogens is 2. The molecule has 1 aliphatic carbocycles. The van der Waals surface area contributed by atoms with Crippen molar-refractivity contribution < 1.29 is 0 Å². The normalized spacial score (nSPS) is 18.0. The third-order valence-electron chi connectivity index (χ3n) is 3.71. The minimum atomic E-state index is 0.844. The molecule has 1 aromatic heterocycles. The average Bonchev–Trinajstić information content (AvgIpc) is 2.74. The Kier molecular flexibility index (Phi) is 2.65. The summed E-state index contributed by atoms with van der Waals surface area (Å²) in [5.41, 5.74) is 1.29. The molecule has 0 N–H and O–H groups in total. The SMILES string of the molecule is c1ccc2c(c1)cnn2CC1CCCCC1. The molecule has 0 aliphatic heterocycles. The van der Waals surface area contributed by atoms with Gasteiger partial charge in [-0.25, -0.2) is 0 Å². The van der Waals surface area contributed by atoms with Crippen molar-refractivity contribution in [3.63, 3.8) is 0 Å². The minimum absolute atomic E-state index is 0.844. The predicted octanol–water partition coefficient (Wildman–Crippen LogP) is 3.62. The van der Waals surface area contributed by atoms with Crippen molar-refractivity contribution in [2.75, 3.05) is 0 Å². The van der Waals surface area contributed by atoms with Gasteiger partial charge in [0.25, 0.3) is 0 Å². The second-order valence-corrected chi connectivity index (χ2v) is 4.89. The van der Waals surface area contributed by atoms with Gasteiger partial charge >= 0.3 is 0 Å². The quantitative estimate of drug-likeness (QED) is 0.746. The van der Waals surface area contributed by atoms with Gasteiger partial charge in [0, 0.05) is 11.9 Å². The molecule has 1 fully saturated rings. The molecule has 84 valence electrons. The van der Waals surface area contributed by atoms with E-state index in [9.17, 15) is 0 Å². The van der Waals surface area contributed by atoms with E-state index < -0.39 is 0 Å². The van der Waals surface area contributed by atoms with Crippen LogP contribution in [0.5, 0.6) is 0 Å². The molecule has 3 rings (SSSR count). The zero-order chi connectivity index (χ0) is 10.8. The fourth-order valence-electron chi connectivity index (χ4n) is 2.79. The second kappa shape index (κ2) is 4.28. The first-order valence-electron chi connectivity index (χ1n) is 6.34. The summed E-state index contributed by atoms with van der Waals surface area (Å²) in [5, 5.41) is 5.77. The second-order valence-electron chi connectivity index (χ2n) is 4.89. The van der Waals surface area contributed by atoms with Gasteiger partial charge in [-0.05, 0) is 24.8 Å². The first-order chi connectivity index (χ1) is 7.93. The van der Waals surface area contributed by atoms with E-state index in [-0.39, 0.29) is 0 Å².